The van der Waals surface area contributed by atoms with Crippen LogP contribution in [0, 0.1) is 0 Å². The molecule has 0 aliphatic rings. The monoisotopic (exact) mass is 200 g/mol. The van der Waals surface area contributed by atoms with Gasteiger partial charge in [0.2, 0.25) is 0 Å². The molecular formula is C6H10Cl2O3. The molecule has 5 heteroatoms. The highest BCUT2D eigenvalue weighted by atomic mass is 35.5. The minimum absolute atomic E-state index is 0.343. The Morgan fingerprint density at radius 2 is 2.18 bits per heavy atom. The van der Waals surface area contributed by atoms with E-state index >= 15 is 0 Å². The number of alkyl halides is 2. The number of rotatable bonds is 4. The van der Waals surface area contributed by atoms with Gasteiger partial charge in [-0.2, -0.15) is 0 Å². The second kappa shape index (κ2) is 6.55. The summed E-state index contributed by atoms with van der Waals surface area (Å²) in [5, 5.41) is -1.15. The molecule has 0 rings (SSSR count). The summed E-state index contributed by atoms with van der Waals surface area (Å²) < 4.78 is 8.83. The van der Waals surface area contributed by atoms with Crippen molar-refractivity contribution in [2.45, 2.75) is 24.8 Å². The van der Waals surface area contributed by atoms with Crippen molar-refractivity contribution in [2.75, 3.05) is 6.61 Å². The molecule has 0 saturated carbocycles. The minimum Gasteiger partial charge on any atom is -0.434 e. The third kappa shape index (κ3) is 7.75. The molecule has 11 heavy (non-hydrogen) atoms. The number of hydrogen-bond acceptors (Lipinski definition) is 3. The first-order valence-corrected chi connectivity index (χ1v) is 4.15. The lowest BCUT2D eigenvalue weighted by Crippen LogP contribution is -2.10. The Morgan fingerprint density at radius 1 is 1.55 bits per heavy atom. The summed E-state index contributed by atoms with van der Waals surface area (Å²) in [4.78, 5) is 10.5. The van der Waals surface area contributed by atoms with Crippen LogP contribution in [0.3, 0.4) is 0 Å². The first kappa shape index (κ1) is 10.8. The summed E-state index contributed by atoms with van der Waals surface area (Å²) in [7, 11) is 0. The topological polar surface area (TPSA) is 35.5 Å². The molecule has 0 aromatic carbocycles. The highest BCUT2D eigenvalue weighted by Gasteiger charge is 2.07. The van der Waals surface area contributed by atoms with E-state index in [0.717, 1.165) is 12.8 Å². The Balaban J connectivity index is 3.23. The molecule has 0 fully saturated rings. The lowest BCUT2D eigenvalue weighted by Gasteiger charge is -2.04. The SMILES string of the molecule is CCCCOC(=O)OC(Cl)Cl. The van der Waals surface area contributed by atoms with Gasteiger partial charge >= 0.3 is 6.16 Å². The van der Waals surface area contributed by atoms with E-state index < -0.39 is 11.2 Å². The van der Waals surface area contributed by atoms with E-state index in [-0.39, 0.29) is 0 Å². The Kier molecular flexibility index (Phi) is 6.46. The minimum atomic E-state index is -1.15. The van der Waals surface area contributed by atoms with Crippen LogP contribution in [0.25, 0.3) is 0 Å². The molecule has 0 bridgehead atoms. The van der Waals surface area contributed by atoms with Gasteiger partial charge in [0, 0.05) is 0 Å². The molecule has 0 amide bonds. The van der Waals surface area contributed by atoms with Gasteiger partial charge in [-0.25, -0.2) is 4.79 Å². The summed E-state index contributed by atoms with van der Waals surface area (Å²) in [6.07, 6.45) is 0.941. The molecule has 0 radical (unpaired) electrons. The zero-order valence-corrected chi connectivity index (χ0v) is 7.69. The summed E-state index contributed by atoms with van der Waals surface area (Å²) in [5.41, 5.74) is 0. The van der Waals surface area contributed by atoms with Crippen LogP contribution in [0.1, 0.15) is 19.8 Å². The van der Waals surface area contributed by atoms with E-state index in [9.17, 15) is 4.79 Å². The van der Waals surface area contributed by atoms with Gasteiger partial charge in [0.25, 0.3) is 5.02 Å². The molecule has 0 heterocycles. The summed E-state index contributed by atoms with van der Waals surface area (Å²) in [6.45, 7) is 2.33. The number of hydrogen-bond donors (Lipinski definition) is 0. The smallest absolute Gasteiger partial charge is 0.434 e. The van der Waals surface area contributed by atoms with E-state index in [4.69, 9.17) is 23.2 Å². The maximum absolute atomic E-state index is 10.5. The van der Waals surface area contributed by atoms with Crippen LogP contribution in [0.5, 0.6) is 0 Å². The predicted molar refractivity (Wildman–Crippen MR) is 42.8 cm³/mol. The van der Waals surface area contributed by atoms with Crippen molar-refractivity contribution < 1.29 is 14.3 Å². The average molecular weight is 201 g/mol. The van der Waals surface area contributed by atoms with Gasteiger partial charge < -0.3 is 9.47 Å². The lowest BCUT2D eigenvalue weighted by atomic mass is 10.4. The van der Waals surface area contributed by atoms with Gasteiger partial charge in [0.15, 0.2) is 0 Å². The Bertz CT molecular complexity index is 116. The normalized spacial score (nSPS) is 9.82. The number of halogens is 2. The maximum atomic E-state index is 10.5. The predicted octanol–water partition coefficient (Wildman–Crippen LogP) is 2.70. The van der Waals surface area contributed by atoms with E-state index in [1.54, 1.807) is 0 Å². The van der Waals surface area contributed by atoms with E-state index in [1.807, 2.05) is 6.92 Å². The first-order valence-electron chi connectivity index (χ1n) is 3.28. The first-order chi connectivity index (χ1) is 5.16. The van der Waals surface area contributed by atoms with Crippen LogP contribution in [0.2, 0.25) is 0 Å². The van der Waals surface area contributed by atoms with Crippen LogP contribution in [-0.4, -0.2) is 17.8 Å². The lowest BCUT2D eigenvalue weighted by molar-refractivity contribution is 0.0599. The molecule has 3 nitrogen and oxygen atoms in total. The van der Waals surface area contributed by atoms with Crippen molar-refractivity contribution >= 4 is 29.4 Å². The van der Waals surface area contributed by atoms with Crippen LogP contribution in [0.4, 0.5) is 4.79 Å². The van der Waals surface area contributed by atoms with Gasteiger partial charge in [0.05, 0.1) is 6.61 Å². The van der Waals surface area contributed by atoms with Crippen molar-refractivity contribution in [3.63, 3.8) is 0 Å². The quantitative estimate of drug-likeness (QED) is 0.398. The average Bonchev–Trinajstić information content (AvgIpc) is 1.86. The van der Waals surface area contributed by atoms with Gasteiger partial charge in [-0.3, -0.25) is 0 Å². The largest absolute Gasteiger partial charge is 0.510 e. The number of carbonyl (C=O) groups excluding carboxylic acids is 1. The van der Waals surface area contributed by atoms with Crippen LogP contribution in [0.15, 0.2) is 0 Å². The Labute approximate surface area is 75.6 Å². The van der Waals surface area contributed by atoms with Crippen molar-refractivity contribution in [1.82, 2.24) is 0 Å². The molecule has 0 aromatic heterocycles. The summed E-state index contributed by atoms with van der Waals surface area (Å²) >= 11 is 10.3. The van der Waals surface area contributed by atoms with Crippen LogP contribution < -0.4 is 0 Å². The molecule has 0 aromatic rings. The van der Waals surface area contributed by atoms with Crippen LogP contribution in [-0.2, 0) is 9.47 Å². The van der Waals surface area contributed by atoms with Gasteiger partial charge in [-0.1, -0.05) is 36.5 Å². The van der Waals surface area contributed by atoms with Gasteiger partial charge in [-0.05, 0) is 6.42 Å². The molecule has 0 spiro atoms. The molecule has 0 aliphatic heterocycles. The zero-order valence-electron chi connectivity index (χ0n) is 6.18. The second-order valence-electron chi connectivity index (χ2n) is 1.83. The standard InChI is InChI=1S/C6H10Cl2O3/c1-2-3-4-10-6(9)11-5(7)8/h5H,2-4H2,1H3. The fraction of sp³-hybridized carbons (Fsp3) is 0.833. The fourth-order valence-electron chi connectivity index (χ4n) is 0.407. The van der Waals surface area contributed by atoms with Crippen molar-refractivity contribution in [1.29, 1.82) is 0 Å². The molecule has 66 valence electrons. The molecule has 0 unspecified atom stereocenters. The molecule has 0 atom stereocenters. The molecule has 0 N–H and O–H groups in total. The molecule has 0 saturated heterocycles. The Morgan fingerprint density at radius 3 is 2.64 bits per heavy atom. The maximum Gasteiger partial charge on any atom is 0.510 e. The summed E-state index contributed by atoms with van der Waals surface area (Å²) in [5.74, 6) is 0. The third-order valence-electron chi connectivity index (χ3n) is 0.903. The van der Waals surface area contributed by atoms with E-state index in [0.29, 0.717) is 6.61 Å². The van der Waals surface area contributed by atoms with Gasteiger partial charge in [-0.15, -0.1) is 0 Å². The number of unbranched alkanes of at least 4 members (excludes halogenated alkanes) is 1. The molecule has 0 aliphatic carbocycles. The highest BCUT2D eigenvalue weighted by molar-refractivity contribution is 6.43. The highest BCUT2D eigenvalue weighted by Crippen LogP contribution is 2.04. The molecular weight excluding hydrogens is 191 g/mol. The number of ether oxygens (including phenoxy) is 2. The van der Waals surface area contributed by atoms with E-state index in [1.165, 1.54) is 0 Å². The fourth-order valence-corrected chi connectivity index (χ4v) is 0.552. The number of carbonyl (C=O) groups is 1. The van der Waals surface area contributed by atoms with Crippen molar-refractivity contribution in [2.24, 2.45) is 0 Å². The Hall–Kier alpha value is -0.150. The van der Waals surface area contributed by atoms with Crippen LogP contribution >= 0.6 is 23.2 Å². The second-order valence-corrected chi connectivity index (χ2v) is 2.85. The van der Waals surface area contributed by atoms with Crippen molar-refractivity contribution in [3.05, 3.63) is 0 Å². The summed E-state index contributed by atoms with van der Waals surface area (Å²) in [6, 6.07) is 0. The van der Waals surface area contributed by atoms with Crippen molar-refractivity contribution in [3.8, 4) is 0 Å². The van der Waals surface area contributed by atoms with Gasteiger partial charge in [0.1, 0.15) is 0 Å². The zero-order chi connectivity index (χ0) is 8.69. The third-order valence-corrected chi connectivity index (χ3v) is 1.08. The van der Waals surface area contributed by atoms with E-state index in [2.05, 4.69) is 9.47 Å².